The van der Waals surface area contributed by atoms with Crippen LogP contribution in [0.4, 0.5) is 0 Å². The van der Waals surface area contributed by atoms with Crippen LogP contribution in [0.15, 0.2) is 11.6 Å². The molecule has 0 atom stereocenters. The van der Waals surface area contributed by atoms with Crippen LogP contribution in [0.1, 0.15) is 55.4 Å². The molecule has 0 bridgehead atoms. The van der Waals surface area contributed by atoms with Gasteiger partial charge in [0, 0.05) is 16.7 Å². The summed E-state index contributed by atoms with van der Waals surface area (Å²) in [6.45, 7) is 15.0. The van der Waals surface area contributed by atoms with Crippen LogP contribution in [0.3, 0.4) is 0 Å². The summed E-state index contributed by atoms with van der Waals surface area (Å²) < 4.78 is 0. The summed E-state index contributed by atoms with van der Waals surface area (Å²) >= 11 is 0. The second kappa shape index (κ2) is 5.16. The van der Waals surface area contributed by atoms with Crippen molar-refractivity contribution >= 4 is 11.6 Å². The molecule has 0 fully saturated rings. The fraction of sp³-hybridized carbons (Fsp3) is 0.733. The first-order valence-corrected chi connectivity index (χ1v) is 6.18. The van der Waals surface area contributed by atoms with Crippen LogP contribution in [0.25, 0.3) is 0 Å². The Hall–Kier alpha value is -0.920. The molecule has 0 aliphatic rings. The van der Waals surface area contributed by atoms with Crippen LogP contribution >= 0.6 is 0 Å². The molecule has 0 aliphatic heterocycles. The second-order valence-corrected chi connectivity index (χ2v) is 6.35. The molecule has 0 aromatic carbocycles. The van der Waals surface area contributed by atoms with Gasteiger partial charge in [0.05, 0.1) is 0 Å². The van der Waals surface area contributed by atoms with Crippen molar-refractivity contribution in [3.8, 4) is 0 Å². The van der Waals surface area contributed by atoms with Crippen molar-refractivity contribution in [3.05, 3.63) is 11.6 Å². The number of ketones is 2. The highest BCUT2D eigenvalue weighted by molar-refractivity contribution is 6.00. The summed E-state index contributed by atoms with van der Waals surface area (Å²) in [6, 6.07) is 0. The van der Waals surface area contributed by atoms with Gasteiger partial charge in [0.2, 0.25) is 0 Å². The summed E-state index contributed by atoms with van der Waals surface area (Å²) in [5.74, 6) is 0.110. The van der Waals surface area contributed by atoms with Crippen LogP contribution in [-0.2, 0) is 9.59 Å². The highest BCUT2D eigenvalue weighted by Gasteiger charge is 2.47. The standard InChI is InChI=1S/C15H26O2/c1-10(2)9-12(16)14(5,6)15(7,8)13(17)11(3)4/h9,11H,1-8H3. The van der Waals surface area contributed by atoms with Gasteiger partial charge in [-0.05, 0) is 19.9 Å². The van der Waals surface area contributed by atoms with Gasteiger partial charge in [0.15, 0.2) is 5.78 Å². The van der Waals surface area contributed by atoms with E-state index in [0.717, 1.165) is 5.57 Å². The average Bonchev–Trinajstić information content (AvgIpc) is 2.14. The quantitative estimate of drug-likeness (QED) is 0.683. The Labute approximate surface area is 105 Å². The molecule has 0 radical (unpaired) electrons. The van der Waals surface area contributed by atoms with E-state index in [0.29, 0.717) is 0 Å². The van der Waals surface area contributed by atoms with Crippen LogP contribution in [0, 0.1) is 16.7 Å². The van der Waals surface area contributed by atoms with E-state index in [1.165, 1.54) is 0 Å². The third kappa shape index (κ3) is 3.27. The zero-order chi connectivity index (χ0) is 14.0. The molecule has 2 nitrogen and oxygen atoms in total. The third-order valence-electron chi connectivity index (χ3n) is 3.74. The topological polar surface area (TPSA) is 34.1 Å². The lowest BCUT2D eigenvalue weighted by atomic mass is 9.61. The fourth-order valence-corrected chi connectivity index (χ4v) is 1.78. The number of rotatable bonds is 5. The summed E-state index contributed by atoms with van der Waals surface area (Å²) in [7, 11) is 0. The van der Waals surface area contributed by atoms with E-state index < -0.39 is 10.8 Å². The average molecular weight is 238 g/mol. The van der Waals surface area contributed by atoms with Gasteiger partial charge >= 0.3 is 0 Å². The van der Waals surface area contributed by atoms with Crippen molar-refractivity contribution in [1.29, 1.82) is 0 Å². The fourth-order valence-electron chi connectivity index (χ4n) is 1.78. The van der Waals surface area contributed by atoms with Gasteiger partial charge in [0.1, 0.15) is 5.78 Å². The molecule has 0 spiro atoms. The second-order valence-electron chi connectivity index (χ2n) is 6.35. The van der Waals surface area contributed by atoms with E-state index >= 15 is 0 Å². The van der Waals surface area contributed by atoms with Crippen molar-refractivity contribution in [1.82, 2.24) is 0 Å². The number of carbonyl (C=O) groups is 2. The Kier molecular flexibility index (Phi) is 4.88. The SMILES string of the molecule is CC(C)=CC(=O)C(C)(C)C(C)(C)C(=O)C(C)C. The predicted molar refractivity (Wildman–Crippen MR) is 71.8 cm³/mol. The van der Waals surface area contributed by atoms with E-state index in [4.69, 9.17) is 0 Å². The van der Waals surface area contributed by atoms with Crippen molar-refractivity contribution in [3.63, 3.8) is 0 Å². The van der Waals surface area contributed by atoms with E-state index in [1.807, 2.05) is 55.4 Å². The minimum absolute atomic E-state index is 0.0245. The Morgan fingerprint density at radius 2 is 1.35 bits per heavy atom. The number of Topliss-reactive ketones (excluding diaryl/α,β-unsaturated/α-hetero) is 1. The maximum absolute atomic E-state index is 12.2. The first-order valence-electron chi connectivity index (χ1n) is 6.18. The monoisotopic (exact) mass is 238 g/mol. The maximum Gasteiger partial charge on any atom is 0.162 e. The lowest BCUT2D eigenvalue weighted by Crippen LogP contribution is -2.46. The molecule has 17 heavy (non-hydrogen) atoms. The molecule has 0 saturated heterocycles. The van der Waals surface area contributed by atoms with Crippen molar-refractivity contribution in [2.45, 2.75) is 55.4 Å². The lowest BCUT2D eigenvalue weighted by molar-refractivity contribution is -0.143. The van der Waals surface area contributed by atoms with Crippen LogP contribution in [0.5, 0.6) is 0 Å². The first kappa shape index (κ1) is 16.1. The van der Waals surface area contributed by atoms with E-state index in [2.05, 4.69) is 0 Å². The molecule has 0 aromatic heterocycles. The molecule has 2 heteroatoms. The summed E-state index contributed by atoms with van der Waals surface area (Å²) in [5.41, 5.74) is -0.355. The molecule has 0 saturated carbocycles. The highest BCUT2D eigenvalue weighted by atomic mass is 16.1. The first-order chi connectivity index (χ1) is 7.44. The molecule has 0 N–H and O–H groups in total. The summed E-state index contributed by atoms with van der Waals surface area (Å²) in [5, 5.41) is 0. The maximum atomic E-state index is 12.2. The molecule has 0 amide bonds. The molecule has 0 rings (SSSR count). The molecule has 0 aliphatic carbocycles. The minimum atomic E-state index is -0.675. The summed E-state index contributed by atoms with van der Waals surface area (Å²) in [4.78, 5) is 24.4. The molecule has 0 heterocycles. The Morgan fingerprint density at radius 3 is 1.65 bits per heavy atom. The number of hydrogen-bond donors (Lipinski definition) is 0. The number of hydrogen-bond acceptors (Lipinski definition) is 2. The van der Waals surface area contributed by atoms with Gasteiger partial charge in [-0.25, -0.2) is 0 Å². The number of allylic oxidation sites excluding steroid dienone is 2. The van der Waals surface area contributed by atoms with Gasteiger partial charge in [-0.15, -0.1) is 0 Å². The molecule has 98 valence electrons. The largest absolute Gasteiger partial charge is 0.299 e. The van der Waals surface area contributed by atoms with E-state index in [1.54, 1.807) is 6.08 Å². The van der Waals surface area contributed by atoms with Gasteiger partial charge in [-0.3, -0.25) is 9.59 Å². The van der Waals surface area contributed by atoms with Gasteiger partial charge in [-0.1, -0.05) is 47.1 Å². The van der Waals surface area contributed by atoms with Crippen LogP contribution < -0.4 is 0 Å². The number of carbonyl (C=O) groups excluding carboxylic acids is 2. The minimum Gasteiger partial charge on any atom is -0.299 e. The normalized spacial score (nSPS) is 12.5. The third-order valence-corrected chi connectivity index (χ3v) is 3.74. The zero-order valence-electron chi connectivity index (χ0n) is 12.5. The zero-order valence-corrected chi connectivity index (χ0v) is 12.5. The molecule has 0 aromatic rings. The summed E-state index contributed by atoms with van der Waals surface area (Å²) in [6.07, 6.45) is 1.63. The Morgan fingerprint density at radius 1 is 0.941 bits per heavy atom. The van der Waals surface area contributed by atoms with E-state index in [-0.39, 0.29) is 17.5 Å². The van der Waals surface area contributed by atoms with Crippen LogP contribution in [-0.4, -0.2) is 11.6 Å². The van der Waals surface area contributed by atoms with Crippen molar-refractivity contribution in [2.24, 2.45) is 16.7 Å². The van der Waals surface area contributed by atoms with E-state index in [9.17, 15) is 9.59 Å². The molecular formula is C15H26O2. The van der Waals surface area contributed by atoms with Crippen molar-refractivity contribution in [2.75, 3.05) is 0 Å². The van der Waals surface area contributed by atoms with Gasteiger partial charge in [0.25, 0.3) is 0 Å². The smallest absolute Gasteiger partial charge is 0.162 e. The molecule has 0 unspecified atom stereocenters. The highest BCUT2D eigenvalue weighted by Crippen LogP contribution is 2.42. The predicted octanol–water partition coefficient (Wildman–Crippen LogP) is 3.80. The Balaban J connectivity index is 5.37. The van der Waals surface area contributed by atoms with Gasteiger partial charge in [-0.2, -0.15) is 0 Å². The Bertz CT molecular complexity index is 340. The van der Waals surface area contributed by atoms with Crippen molar-refractivity contribution < 1.29 is 9.59 Å². The molecular weight excluding hydrogens is 212 g/mol. The lowest BCUT2D eigenvalue weighted by Gasteiger charge is -2.39. The van der Waals surface area contributed by atoms with Gasteiger partial charge < -0.3 is 0 Å². The van der Waals surface area contributed by atoms with Crippen LogP contribution in [0.2, 0.25) is 0 Å².